The van der Waals surface area contributed by atoms with E-state index < -0.39 is 17.8 Å². The molecule has 0 saturated carbocycles. The number of hydrogen-bond acceptors (Lipinski definition) is 4. The van der Waals surface area contributed by atoms with Gasteiger partial charge in [0.1, 0.15) is 0 Å². The maximum atomic E-state index is 13.0. The lowest BCUT2D eigenvalue weighted by atomic mass is 9.96. The highest BCUT2D eigenvalue weighted by atomic mass is 19.4. The summed E-state index contributed by atoms with van der Waals surface area (Å²) in [5.74, 6) is 0.0232. The van der Waals surface area contributed by atoms with Crippen LogP contribution in [0, 0.1) is 0 Å². The summed E-state index contributed by atoms with van der Waals surface area (Å²) in [6.07, 6.45) is -1.88. The number of aliphatic hydroxyl groups is 1. The number of carbonyl (C=O) groups is 1. The Morgan fingerprint density at radius 3 is 2.91 bits per heavy atom. The van der Waals surface area contributed by atoms with E-state index in [1.807, 2.05) is 13.2 Å². The molecule has 2 unspecified atom stereocenters. The number of rotatable bonds is 6. The number of alkyl halides is 3. The Labute approximate surface area is 184 Å². The average Bonchev–Trinajstić information content (AvgIpc) is 3.42. The zero-order valence-corrected chi connectivity index (χ0v) is 18.0. The second-order valence-electron chi connectivity index (χ2n) is 8.67. The van der Waals surface area contributed by atoms with E-state index in [1.54, 1.807) is 15.6 Å². The third-order valence-corrected chi connectivity index (χ3v) is 6.16. The summed E-state index contributed by atoms with van der Waals surface area (Å²) in [5.41, 5.74) is 2.02. The Hall–Kier alpha value is -2.59. The van der Waals surface area contributed by atoms with Crippen molar-refractivity contribution in [1.29, 1.82) is 0 Å². The molecule has 2 amide bonds. The van der Waals surface area contributed by atoms with E-state index in [0.29, 0.717) is 44.7 Å². The Kier molecular flexibility index (Phi) is 6.43. The van der Waals surface area contributed by atoms with Crippen LogP contribution in [-0.4, -0.2) is 63.0 Å². The van der Waals surface area contributed by atoms with Gasteiger partial charge in [0.2, 0.25) is 0 Å². The number of aryl methyl sites for hydroxylation is 1. The van der Waals surface area contributed by atoms with Gasteiger partial charge in [0, 0.05) is 38.4 Å². The summed E-state index contributed by atoms with van der Waals surface area (Å²) < 4.78 is 40.6. The van der Waals surface area contributed by atoms with Crippen molar-refractivity contribution >= 4 is 6.03 Å². The lowest BCUT2D eigenvalue weighted by Crippen LogP contribution is -2.39. The van der Waals surface area contributed by atoms with Gasteiger partial charge in [-0.3, -0.25) is 4.68 Å². The van der Waals surface area contributed by atoms with Gasteiger partial charge in [0.05, 0.1) is 30.5 Å². The molecule has 1 fully saturated rings. The minimum absolute atomic E-state index is 0.0232. The standard InChI is InChI=1S/C22H28F3N5O2/c1-28-10-17-12-30(14-20(17)27-28)21(32)26-7-5-19(31)13-29-8-6-16(11-29)15-3-2-4-18(9-15)22(23,24)25/h2-4,9-10,16,19,31H,5-8,11-14H2,1H3,(H,26,32). The van der Waals surface area contributed by atoms with Crippen molar-refractivity contribution < 1.29 is 23.1 Å². The lowest BCUT2D eigenvalue weighted by Gasteiger charge is -2.21. The van der Waals surface area contributed by atoms with Crippen LogP contribution in [0.2, 0.25) is 0 Å². The molecule has 2 atom stereocenters. The van der Waals surface area contributed by atoms with Crippen LogP contribution in [0.3, 0.4) is 0 Å². The van der Waals surface area contributed by atoms with Gasteiger partial charge in [0.15, 0.2) is 0 Å². The molecular weight excluding hydrogens is 423 g/mol. The average molecular weight is 451 g/mol. The summed E-state index contributed by atoms with van der Waals surface area (Å²) in [6.45, 7) is 3.14. The number of nitrogens with one attached hydrogen (secondary N) is 1. The number of hydrogen-bond donors (Lipinski definition) is 2. The quantitative estimate of drug-likeness (QED) is 0.709. The maximum absolute atomic E-state index is 13.0. The second-order valence-corrected chi connectivity index (χ2v) is 8.67. The number of fused-ring (bicyclic) bond motifs is 1. The number of β-amino-alcohol motifs (C(OH)–C–C–N with tert-alkyl or cyclic N) is 1. The van der Waals surface area contributed by atoms with Crippen molar-refractivity contribution in [2.75, 3.05) is 26.2 Å². The van der Waals surface area contributed by atoms with Crippen molar-refractivity contribution in [2.24, 2.45) is 7.05 Å². The molecule has 0 radical (unpaired) electrons. The molecule has 174 valence electrons. The monoisotopic (exact) mass is 451 g/mol. The van der Waals surface area contributed by atoms with Crippen LogP contribution in [0.4, 0.5) is 18.0 Å². The van der Waals surface area contributed by atoms with E-state index in [-0.39, 0.29) is 11.9 Å². The first-order valence-electron chi connectivity index (χ1n) is 10.8. The Balaban J connectivity index is 1.18. The molecule has 3 heterocycles. The van der Waals surface area contributed by atoms with E-state index in [2.05, 4.69) is 15.3 Å². The number of urea groups is 1. The number of aliphatic hydroxyl groups excluding tert-OH is 1. The van der Waals surface area contributed by atoms with Crippen LogP contribution in [0.1, 0.15) is 41.1 Å². The number of carbonyl (C=O) groups excluding carboxylic acids is 1. The van der Waals surface area contributed by atoms with Gasteiger partial charge in [-0.1, -0.05) is 18.2 Å². The summed E-state index contributed by atoms with van der Waals surface area (Å²) in [4.78, 5) is 16.1. The smallest absolute Gasteiger partial charge is 0.392 e. The minimum Gasteiger partial charge on any atom is -0.392 e. The molecule has 1 aromatic heterocycles. The predicted molar refractivity (Wildman–Crippen MR) is 112 cm³/mol. The van der Waals surface area contributed by atoms with Crippen molar-refractivity contribution in [2.45, 2.75) is 44.1 Å². The predicted octanol–water partition coefficient (Wildman–Crippen LogP) is 2.70. The normalized spacial score (nSPS) is 19.9. The fraction of sp³-hybridized carbons (Fsp3) is 0.545. The molecule has 1 saturated heterocycles. The topological polar surface area (TPSA) is 73.6 Å². The molecule has 0 spiro atoms. The number of amides is 2. The van der Waals surface area contributed by atoms with E-state index >= 15 is 0 Å². The van der Waals surface area contributed by atoms with Gasteiger partial charge >= 0.3 is 12.2 Å². The van der Waals surface area contributed by atoms with E-state index in [0.717, 1.165) is 30.3 Å². The Morgan fingerprint density at radius 2 is 2.16 bits per heavy atom. The fourth-order valence-electron chi connectivity index (χ4n) is 4.52. The van der Waals surface area contributed by atoms with E-state index in [1.165, 1.54) is 12.1 Å². The van der Waals surface area contributed by atoms with Crippen LogP contribution in [0.15, 0.2) is 30.5 Å². The zero-order valence-electron chi connectivity index (χ0n) is 18.0. The zero-order chi connectivity index (χ0) is 22.9. The van der Waals surface area contributed by atoms with Crippen LogP contribution in [0.25, 0.3) is 0 Å². The van der Waals surface area contributed by atoms with Crippen molar-refractivity contribution in [3.05, 3.63) is 52.8 Å². The van der Waals surface area contributed by atoms with Gasteiger partial charge in [-0.25, -0.2) is 4.79 Å². The summed E-state index contributed by atoms with van der Waals surface area (Å²) in [6, 6.07) is 5.33. The molecule has 32 heavy (non-hydrogen) atoms. The van der Waals surface area contributed by atoms with Gasteiger partial charge in [-0.2, -0.15) is 18.3 Å². The van der Waals surface area contributed by atoms with Gasteiger partial charge in [-0.05, 0) is 36.9 Å². The van der Waals surface area contributed by atoms with Crippen molar-refractivity contribution in [1.82, 2.24) is 24.9 Å². The van der Waals surface area contributed by atoms with Crippen LogP contribution in [0.5, 0.6) is 0 Å². The molecule has 0 bridgehead atoms. The van der Waals surface area contributed by atoms with E-state index in [4.69, 9.17) is 0 Å². The number of halogens is 3. The molecular formula is C22H28F3N5O2. The SMILES string of the molecule is Cn1cc2c(n1)CN(C(=O)NCCC(O)CN1CCC(c3cccc(C(F)(F)F)c3)C1)C2. The number of likely N-dealkylation sites (tertiary alicyclic amines) is 1. The third-order valence-electron chi connectivity index (χ3n) is 6.16. The molecule has 2 aliphatic heterocycles. The molecule has 7 nitrogen and oxygen atoms in total. The van der Waals surface area contributed by atoms with Crippen molar-refractivity contribution in [3.8, 4) is 0 Å². The third kappa shape index (κ3) is 5.24. The van der Waals surface area contributed by atoms with Crippen LogP contribution in [-0.2, 0) is 26.3 Å². The lowest BCUT2D eigenvalue weighted by molar-refractivity contribution is -0.137. The second kappa shape index (κ2) is 9.11. The van der Waals surface area contributed by atoms with Crippen molar-refractivity contribution in [3.63, 3.8) is 0 Å². The highest BCUT2D eigenvalue weighted by molar-refractivity contribution is 5.74. The van der Waals surface area contributed by atoms with Gasteiger partial charge in [0.25, 0.3) is 0 Å². The molecule has 4 rings (SSSR count). The van der Waals surface area contributed by atoms with Gasteiger partial charge in [-0.15, -0.1) is 0 Å². The Bertz CT molecular complexity index is 938. The first-order chi connectivity index (χ1) is 15.2. The first-order valence-corrected chi connectivity index (χ1v) is 10.8. The first kappa shape index (κ1) is 22.6. The van der Waals surface area contributed by atoms with Gasteiger partial charge < -0.3 is 20.2 Å². The highest BCUT2D eigenvalue weighted by Gasteiger charge is 2.32. The molecule has 10 heteroatoms. The molecule has 2 aromatic rings. The van der Waals surface area contributed by atoms with E-state index in [9.17, 15) is 23.1 Å². The summed E-state index contributed by atoms with van der Waals surface area (Å²) >= 11 is 0. The van der Waals surface area contributed by atoms with Crippen LogP contribution < -0.4 is 5.32 Å². The minimum atomic E-state index is -4.34. The number of aromatic nitrogens is 2. The largest absolute Gasteiger partial charge is 0.416 e. The molecule has 2 N–H and O–H groups in total. The molecule has 1 aromatic carbocycles. The summed E-state index contributed by atoms with van der Waals surface area (Å²) in [7, 11) is 1.85. The fourth-order valence-corrected chi connectivity index (χ4v) is 4.52. The molecule has 2 aliphatic rings. The summed E-state index contributed by atoms with van der Waals surface area (Å²) in [5, 5.41) is 17.5. The number of nitrogens with zero attached hydrogens (tertiary/aromatic N) is 4. The molecule has 0 aliphatic carbocycles. The Morgan fingerprint density at radius 1 is 1.34 bits per heavy atom. The highest BCUT2D eigenvalue weighted by Crippen LogP contribution is 2.33. The van der Waals surface area contributed by atoms with Crippen LogP contribution >= 0.6 is 0 Å². The number of benzene rings is 1. The maximum Gasteiger partial charge on any atom is 0.416 e.